The third kappa shape index (κ3) is 20.0. The van der Waals surface area contributed by atoms with Crippen LogP contribution >= 0.6 is 0 Å². The molecule has 5 aliphatic heterocycles. The molecule has 0 spiro atoms. The van der Waals surface area contributed by atoms with Crippen molar-refractivity contribution in [3.8, 4) is 0 Å². The molecule has 0 N–H and O–H groups in total. The molecule has 550 valence electrons. The van der Waals surface area contributed by atoms with E-state index in [2.05, 4.69) is 32.9 Å². The molecule has 104 heavy (non-hydrogen) atoms. The van der Waals surface area contributed by atoms with Gasteiger partial charge in [-0.2, -0.15) is 0 Å². The zero-order chi connectivity index (χ0) is 71.4. The molecule has 18 heteroatoms. The highest BCUT2D eigenvalue weighted by Gasteiger charge is 2.58. The van der Waals surface area contributed by atoms with Crippen molar-refractivity contribution in [2.45, 2.75) is 191 Å². The molecule has 21 unspecified atom stereocenters. The van der Waals surface area contributed by atoms with Crippen LogP contribution in [-0.2, 0) is 132 Å². The molecule has 0 bridgehead atoms. The van der Waals surface area contributed by atoms with Gasteiger partial charge >= 0.3 is 5.97 Å². The summed E-state index contributed by atoms with van der Waals surface area (Å²) >= 11 is 0. The fourth-order valence-corrected chi connectivity index (χ4v) is 14.3. The molecule has 0 aromatic heterocycles. The zero-order valence-corrected chi connectivity index (χ0v) is 59.8. The van der Waals surface area contributed by atoms with Crippen LogP contribution in [0, 0.1) is 17.8 Å². The van der Waals surface area contributed by atoms with E-state index in [1.54, 1.807) is 0 Å². The van der Waals surface area contributed by atoms with Gasteiger partial charge in [-0.15, -0.1) is 0 Å². The van der Waals surface area contributed by atoms with E-state index < -0.39 is 122 Å². The molecule has 8 aromatic carbocycles. The smallest absolute Gasteiger partial charge is 0.303 e. The molecule has 18 nitrogen and oxygen atoms in total. The van der Waals surface area contributed by atoms with Crippen molar-refractivity contribution >= 4 is 5.97 Å². The first-order valence-corrected chi connectivity index (χ1v) is 36.6. The fraction of sp³-hybridized carbons (Fsp3) is 0.430. The standard InChI is InChI=1S/C86H98O18/c1-57-60(4)96-71(54-89-47-63-32-16-7-17-33-63)78(74(57)91-49-65-36-20-9-21-37-65)102-83-58(2)75(92-50-66-38-22-10-23-39-66)79(72(98-83)55-90-48-64-34-18-8-19-35-64)103-84-59(3)76(80-73(99-84)56-95-85(104-80)69-44-28-13-29-45-69)101-86-82(97-61(5)87)81(94-52-68-42-26-12-27-43-68)77(93-51-67-40-24-11-25-41-67)70(100-86)53-88-46-62-30-14-6-15-31-62/h6-45,57-60,70-86H,46-56H2,1-5H3. The third-order valence-corrected chi connectivity index (χ3v) is 20.1. The maximum Gasteiger partial charge on any atom is 0.303 e. The summed E-state index contributed by atoms with van der Waals surface area (Å²) < 4.78 is 120. The van der Waals surface area contributed by atoms with Crippen molar-refractivity contribution in [3.05, 3.63) is 287 Å². The van der Waals surface area contributed by atoms with Gasteiger partial charge in [0.2, 0.25) is 0 Å². The van der Waals surface area contributed by atoms with Crippen LogP contribution in [-0.4, -0.2) is 137 Å². The van der Waals surface area contributed by atoms with Crippen LogP contribution in [0.2, 0.25) is 0 Å². The molecule has 13 rings (SSSR count). The summed E-state index contributed by atoms with van der Waals surface area (Å²) in [6.07, 6.45) is -14.9. The van der Waals surface area contributed by atoms with Gasteiger partial charge in [-0.05, 0) is 45.9 Å². The number of hydrogen-bond acceptors (Lipinski definition) is 18. The summed E-state index contributed by atoms with van der Waals surface area (Å²) in [6.45, 7) is 11.9. The Bertz CT molecular complexity index is 3760. The minimum atomic E-state index is -1.31. The average molecular weight is 1420 g/mol. The summed E-state index contributed by atoms with van der Waals surface area (Å²) in [7, 11) is 0. The van der Waals surface area contributed by atoms with Crippen molar-refractivity contribution in [1.29, 1.82) is 0 Å². The van der Waals surface area contributed by atoms with Crippen molar-refractivity contribution in [3.63, 3.8) is 0 Å². The van der Waals surface area contributed by atoms with E-state index in [9.17, 15) is 4.79 Å². The summed E-state index contributed by atoms with van der Waals surface area (Å²) in [4.78, 5) is 13.8. The van der Waals surface area contributed by atoms with E-state index >= 15 is 0 Å². The fourth-order valence-electron chi connectivity index (χ4n) is 14.3. The second-order valence-corrected chi connectivity index (χ2v) is 27.7. The lowest BCUT2D eigenvalue weighted by molar-refractivity contribution is -0.403. The molecule has 5 aliphatic rings. The largest absolute Gasteiger partial charge is 0.454 e. The van der Waals surface area contributed by atoms with Gasteiger partial charge in [0.25, 0.3) is 0 Å². The quantitative estimate of drug-likeness (QED) is 0.0364. The predicted molar refractivity (Wildman–Crippen MR) is 386 cm³/mol. The Morgan fingerprint density at radius 3 is 1.11 bits per heavy atom. The van der Waals surface area contributed by atoms with Gasteiger partial charge in [0.1, 0.15) is 54.9 Å². The molecule has 5 fully saturated rings. The molecule has 0 aliphatic carbocycles. The number of rotatable bonds is 32. The Morgan fingerprint density at radius 2 is 0.673 bits per heavy atom. The second kappa shape index (κ2) is 37.7. The first-order chi connectivity index (χ1) is 51.0. The van der Waals surface area contributed by atoms with Crippen LogP contribution in [0.15, 0.2) is 243 Å². The molecule has 5 saturated heterocycles. The Hall–Kier alpha value is -7.41. The first kappa shape index (κ1) is 74.8. The number of esters is 1. The Balaban J connectivity index is 0.852. The van der Waals surface area contributed by atoms with E-state index in [4.69, 9.17) is 80.5 Å². The number of carbonyl (C=O) groups excluding carboxylic acids is 1. The lowest BCUT2D eigenvalue weighted by Gasteiger charge is -2.53. The number of benzene rings is 8. The number of hydrogen-bond donors (Lipinski definition) is 0. The molecule has 0 amide bonds. The molecule has 21 atom stereocenters. The molecular weight excluding hydrogens is 1320 g/mol. The molecule has 0 radical (unpaired) electrons. The van der Waals surface area contributed by atoms with Gasteiger partial charge in [0.05, 0.1) is 97.1 Å². The molecular formula is C86H98O18. The second-order valence-electron chi connectivity index (χ2n) is 27.7. The van der Waals surface area contributed by atoms with Crippen molar-refractivity contribution in [1.82, 2.24) is 0 Å². The average Bonchev–Trinajstić information content (AvgIpc) is 0.773. The Morgan fingerprint density at radius 1 is 0.337 bits per heavy atom. The van der Waals surface area contributed by atoms with Gasteiger partial charge in [0.15, 0.2) is 31.3 Å². The SMILES string of the molecule is CC(=O)OC1C(OC2C(C)C(OC3C(COCc4ccccc4)OC(OC4C(COCc5ccccc5)OC(C)C(C)C4OCc4ccccc4)C(C)C3OCc3ccccc3)OC3COC(c4ccccc4)OC32)OC(COCc2ccccc2)C(OCc2ccccc2)C1OCc1ccccc1. The van der Waals surface area contributed by atoms with Crippen molar-refractivity contribution in [2.24, 2.45) is 17.8 Å². The Labute approximate surface area is 611 Å². The number of ether oxygens (including phenoxy) is 17. The molecule has 5 heterocycles. The third-order valence-electron chi connectivity index (χ3n) is 20.1. The number of fused-ring (bicyclic) bond motifs is 1. The minimum absolute atomic E-state index is 0.0480. The first-order valence-electron chi connectivity index (χ1n) is 36.6. The van der Waals surface area contributed by atoms with Gasteiger partial charge in [-0.3, -0.25) is 4.79 Å². The van der Waals surface area contributed by atoms with E-state index in [1.807, 2.05) is 237 Å². The van der Waals surface area contributed by atoms with E-state index in [0.717, 1.165) is 44.5 Å². The van der Waals surface area contributed by atoms with Crippen molar-refractivity contribution in [2.75, 3.05) is 26.4 Å². The van der Waals surface area contributed by atoms with Crippen LogP contribution in [0.4, 0.5) is 0 Å². The summed E-state index contributed by atoms with van der Waals surface area (Å²) in [6, 6.07) is 79.7. The summed E-state index contributed by atoms with van der Waals surface area (Å²) in [5.41, 5.74) is 7.58. The van der Waals surface area contributed by atoms with Gasteiger partial charge in [0, 0.05) is 30.2 Å². The number of carbonyl (C=O) groups is 1. The maximum atomic E-state index is 13.8. The van der Waals surface area contributed by atoms with Gasteiger partial charge < -0.3 is 80.5 Å². The van der Waals surface area contributed by atoms with Crippen LogP contribution < -0.4 is 0 Å². The van der Waals surface area contributed by atoms with Crippen molar-refractivity contribution < 1.29 is 85.3 Å². The van der Waals surface area contributed by atoms with Crippen LogP contribution in [0.5, 0.6) is 0 Å². The van der Waals surface area contributed by atoms with E-state index in [-0.39, 0.29) is 71.5 Å². The lowest BCUT2D eigenvalue weighted by atomic mass is 9.87. The summed E-state index contributed by atoms with van der Waals surface area (Å²) in [5.74, 6) is -1.89. The van der Waals surface area contributed by atoms with Crippen LogP contribution in [0.25, 0.3) is 0 Å². The van der Waals surface area contributed by atoms with Gasteiger partial charge in [-0.25, -0.2) is 0 Å². The molecule has 0 saturated carbocycles. The zero-order valence-electron chi connectivity index (χ0n) is 59.8. The highest BCUT2D eigenvalue weighted by Crippen LogP contribution is 2.44. The highest BCUT2D eigenvalue weighted by atomic mass is 16.8. The normalized spacial score (nSPS) is 30.6. The Kier molecular flexibility index (Phi) is 27.1. The van der Waals surface area contributed by atoms with E-state index in [1.165, 1.54) is 6.92 Å². The van der Waals surface area contributed by atoms with Gasteiger partial charge in [-0.1, -0.05) is 263 Å². The summed E-state index contributed by atoms with van der Waals surface area (Å²) in [5, 5.41) is 0. The maximum absolute atomic E-state index is 13.8. The predicted octanol–water partition coefficient (Wildman–Crippen LogP) is 14.1. The topological polar surface area (TPSA) is 174 Å². The monoisotopic (exact) mass is 1420 g/mol. The van der Waals surface area contributed by atoms with Crippen LogP contribution in [0.3, 0.4) is 0 Å². The highest BCUT2D eigenvalue weighted by molar-refractivity contribution is 5.66. The minimum Gasteiger partial charge on any atom is -0.454 e. The lowest BCUT2D eigenvalue weighted by Crippen LogP contribution is -2.67. The van der Waals surface area contributed by atoms with E-state index in [0.29, 0.717) is 13.2 Å². The van der Waals surface area contributed by atoms with Crippen LogP contribution in [0.1, 0.15) is 85.4 Å². The molecule has 8 aromatic rings.